The molecule has 0 spiro atoms. The number of methoxy groups -OCH3 is 1. The molecule has 3 rings (SSSR count). The fourth-order valence-electron chi connectivity index (χ4n) is 4.50. The van der Waals surface area contributed by atoms with Crippen LogP contribution in [-0.4, -0.2) is 56.7 Å². The Labute approximate surface area is 154 Å². The Balaban J connectivity index is 1.52. The van der Waals surface area contributed by atoms with E-state index in [1.807, 2.05) is 0 Å². The second-order valence-electron chi connectivity index (χ2n) is 8.25. The number of piperidine rings is 1. The van der Waals surface area contributed by atoms with Gasteiger partial charge < -0.3 is 14.5 Å². The number of ether oxygens (including phenoxy) is 1. The molecule has 2 fully saturated rings. The van der Waals surface area contributed by atoms with E-state index in [1.54, 1.807) is 7.11 Å². The predicted octanol–water partition coefficient (Wildman–Crippen LogP) is 4.07. The van der Waals surface area contributed by atoms with Crippen molar-refractivity contribution in [1.82, 2.24) is 9.80 Å². The van der Waals surface area contributed by atoms with E-state index in [0.29, 0.717) is 0 Å². The maximum Gasteiger partial charge on any atom is 0.118 e. The average Bonchev–Trinajstić information content (AvgIpc) is 3.15. The molecule has 2 aliphatic rings. The molecule has 1 heterocycles. The van der Waals surface area contributed by atoms with Crippen molar-refractivity contribution < 1.29 is 4.74 Å². The molecule has 3 heteroatoms. The first-order valence-corrected chi connectivity index (χ1v) is 10.3. The second-order valence-corrected chi connectivity index (χ2v) is 8.25. The van der Waals surface area contributed by atoms with Crippen molar-refractivity contribution in [1.29, 1.82) is 0 Å². The van der Waals surface area contributed by atoms with Crippen LogP contribution in [0, 0.1) is 11.8 Å². The van der Waals surface area contributed by atoms with Crippen LogP contribution in [0.25, 0.3) is 0 Å². The summed E-state index contributed by atoms with van der Waals surface area (Å²) in [6.45, 7) is 6.39. The Morgan fingerprint density at radius 1 is 0.960 bits per heavy atom. The van der Waals surface area contributed by atoms with Gasteiger partial charge >= 0.3 is 0 Å². The molecule has 0 radical (unpaired) electrons. The summed E-state index contributed by atoms with van der Waals surface area (Å²) in [6, 6.07) is 8.63. The molecule has 0 bridgehead atoms. The summed E-state index contributed by atoms with van der Waals surface area (Å²) in [5.74, 6) is 2.80. The predicted molar refractivity (Wildman–Crippen MR) is 105 cm³/mol. The molecule has 0 unspecified atom stereocenters. The van der Waals surface area contributed by atoms with Gasteiger partial charge in [0.05, 0.1) is 7.11 Å². The van der Waals surface area contributed by atoms with E-state index in [0.717, 1.165) is 24.0 Å². The van der Waals surface area contributed by atoms with Crippen molar-refractivity contribution in [3.05, 3.63) is 29.8 Å². The Morgan fingerprint density at radius 2 is 1.56 bits per heavy atom. The quantitative estimate of drug-likeness (QED) is 0.707. The molecule has 1 aliphatic heterocycles. The SMILES string of the molecule is COc1ccc(CCN(CC2CCCC2)CC2CCN(C)CC2)cc1. The van der Waals surface area contributed by atoms with E-state index in [4.69, 9.17) is 4.74 Å². The molecule has 3 nitrogen and oxygen atoms in total. The Morgan fingerprint density at radius 3 is 2.16 bits per heavy atom. The van der Waals surface area contributed by atoms with Crippen LogP contribution in [0.2, 0.25) is 0 Å². The van der Waals surface area contributed by atoms with Gasteiger partial charge in [-0.2, -0.15) is 0 Å². The van der Waals surface area contributed by atoms with Crippen LogP contribution in [0.15, 0.2) is 24.3 Å². The lowest BCUT2D eigenvalue weighted by Crippen LogP contribution is -2.39. The highest BCUT2D eigenvalue weighted by Gasteiger charge is 2.23. The monoisotopic (exact) mass is 344 g/mol. The standard InChI is InChI=1S/C22H36N2O/c1-23-14-11-21(12-15-23)18-24(17-20-5-3-4-6-20)16-13-19-7-9-22(25-2)10-8-19/h7-10,20-21H,3-6,11-18H2,1-2H3. The molecule has 0 N–H and O–H groups in total. The number of likely N-dealkylation sites (tertiary alicyclic amines) is 1. The molecule has 25 heavy (non-hydrogen) atoms. The summed E-state index contributed by atoms with van der Waals surface area (Å²) in [5.41, 5.74) is 1.43. The number of rotatable bonds is 8. The van der Waals surface area contributed by atoms with Crippen molar-refractivity contribution in [2.45, 2.75) is 44.9 Å². The van der Waals surface area contributed by atoms with E-state index in [-0.39, 0.29) is 0 Å². The summed E-state index contributed by atoms with van der Waals surface area (Å²) in [7, 11) is 4.00. The highest BCUT2D eigenvalue weighted by Crippen LogP contribution is 2.27. The maximum atomic E-state index is 5.28. The number of hydrogen-bond donors (Lipinski definition) is 0. The van der Waals surface area contributed by atoms with Gasteiger partial charge in [-0.05, 0) is 81.8 Å². The van der Waals surface area contributed by atoms with Gasteiger partial charge in [-0.3, -0.25) is 0 Å². The van der Waals surface area contributed by atoms with Gasteiger partial charge in [0.2, 0.25) is 0 Å². The average molecular weight is 345 g/mol. The third kappa shape index (κ3) is 6.00. The Hall–Kier alpha value is -1.06. The van der Waals surface area contributed by atoms with E-state index in [9.17, 15) is 0 Å². The zero-order valence-electron chi connectivity index (χ0n) is 16.3. The minimum Gasteiger partial charge on any atom is -0.497 e. The highest BCUT2D eigenvalue weighted by atomic mass is 16.5. The van der Waals surface area contributed by atoms with Crippen molar-refractivity contribution in [2.24, 2.45) is 11.8 Å². The third-order valence-corrected chi connectivity index (χ3v) is 6.22. The summed E-state index contributed by atoms with van der Waals surface area (Å²) < 4.78 is 5.28. The van der Waals surface area contributed by atoms with Crippen LogP contribution in [0.4, 0.5) is 0 Å². The van der Waals surface area contributed by atoms with E-state index >= 15 is 0 Å². The molecule has 1 aromatic carbocycles. The number of nitrogens with zero attached hydrogens (tertiary/aromatic N) is 2. The van der Waals surface area contributed by atoms with Gasteiger partial charge in [0.15, 0.2) is 0 Å². The highest BCUT2D eigenvalue weighted by molar-refractivity contribution is 5.27. The van der Waals surface area contributed by atoms with Gasteiger partial charge in [0.25, 0.3) is 0 Å². The van der Waals surface area contributed by atoms with Crippen LogP contribution in [0.5, 0.6) is 5.75 Å². The first-order chi connectivity index (χ1) is 12.2. The van der Waals surface area contributed by atoms with Gasteiger partial charge in [0.1, 0.15) is 5.75 Å². The van der Waals surface area contributed by atoms with Gasteiger partial charge in [-0.15, -0.1) is 0 Å². The summed E-state index contributed by atoms with van der Waals surface area (Å²) in [4.78, 5) is 5.27. The number of benzene rings is 1. The first kappa shape index (κ1) is 18.7. The van der Waals surface area contributed by atoms with E-state index in [1.165, 1.54) is 76.8 Å². The van der Waals surface area contributed by atoms with Crippen LogP contribution in [-0.2, 0) is 6.42 Å². The maximum absolute atomic E-state index is 5.28. The molecule has 0 atom stereocenters. The minimum atomic E-state index is 0.897. The van der Waals surface area contributed by atoms with Gasteiger partial charge in [0, 0.05) is 19.6 Å². The minimum absolute atomic E-state index is 0.897. The zero-order valence-corrected chi connectivity index (χ0v) is 16.3. The Kier molecular flexibility index (Phi) is 7.18. The fraction of sp³-hybridized carbons (Fsp3) is 0.727. The molecule has 1 aromatic rings. The lowest BCUT2D eigenvalue weighted by Gasteiger charge is -2.34. The largest absolute Gasteiger partial charge is 0.497 e. The van der Waals surface area contributed by atoms with Crippen LogP contribution in [0.1, 0.15) is 44.1 Å². The first-order valence-electron chi connectivity index (χ1n) is 10.3. The molecular formula is C22H36N2O. The van der Waals surface area contributed by atoms with Crippen molar-refractivity contribution in [3.8, 4) is 5.75 Å². The fourth-order valence-corrected chi connectivity index (χ4v) is 4.50. The van der Waals surface area contributed by atoms with Crippen molar-refractivity contribution in [3.63, 3.8) is 0 Å². The Bertz CT molecular complexity index is 487. The molecule has 1 saturated heterocycles. The smallest absolute Gasteiger partial charge is 0.118 e. The molecule has 1 saturated carbocycles. The lowest BCUT2D eigenvalue weighted by atomic mass is 9.95. The van der Waals surface area contributed by atoms with Crippen LogP contribution in [0.3, 0.4) is 0 Å². The van der Waals surface area contributed by atoms with E-state index < -0.39 is 0 Å². The van der Waals surface area contributed by atoms with Crippen molar-refractivity contribution in [2.75, 3.05) is 46.9 Å². The second kappa shape index (κ2) is 9.59. The van der Waals surface area contributed by atoms with Gasteiger partial charge in [-0.1, -0.05) is 25.0 Å². The molecular weight excluding hydrogens is 308 g/mol. The molecule has 0 aromatic heterocycles. The normalized spacial score (nSPS) is 20.4. The van der Waals surface area contributed by atoms with Crippen molar-refractivity contribution >= 4 is 0 Å². The van der Waals surface area contributed by atoms with Crippen LogP contribution >= 0.6 is 0 Å². The number of hydrogen-bond acceptors (Lipinski definition) is 3. The van der Waals surface area contributed by atoms with Crippen LogP contribution < -0.4 is 4.74 Å². The molecule has 140 valence electrons. The van der Waals surface area contributed by atoms with Gasteiger partial charge in [-0.25, -0.2) is 0 Å². The molecule has 0 amide bonds. The zero-order chi connectivity index (χ0) is 17.5. The van der Waals surface area contributed by atoms with E-state index in [2.05, 4.69) is 41.1 Å². The third-order valence-electron chi connectivity index (χ3n) is 6.22. The lowest BCUT2D eigenvalue weighted by molar-refractivity contribution is 0.148. The summed E-state index contributed by atoms with van der Waals surface area (Å²) in [6.07, 6.45) is 9.71. The summed E-state index contributed by atoms with van der Waals surface area (Å²) >= 11 is 0. The molecule has 1 aliphatic carbocycles. The summed E-state index contributed by atoms with van der Waals surface area (Å²) in [5, 5.41) is 0. The topological polar surface area (TPSA) is 15.7 Å².